The number of rotatable bonds is 8. The fourth-order valence-electron chi connectivity index (χ4n) is 5.18. The van der Waals surface area contributed by atoms with Gasteiger partial charge in [-0.15, -0.1) is 0 Å². The van der Waals surface area contributed by atoms with E-state index in [1.807, 2.05) is 23.1 Å². The minimum atomic E-state index is -0.294. The Morgan fingerprint density at radius 2 is 1.61 bits per heavy atom. The molecule has 1 aliphatic heterocycles. The van der Waals surface area contributed by atoms with Gasteiger partial charge in [0.15, 0.2) is 0 Å². The molecule has 0 radical (unpaired) electrons. The van der Waals surface area contributed by atoms with Gasteiger partial charge in [-0.3, -0.25) is 14.5 Å². The summed E-state index contributed by atoms with van der Waals surface area (Å²) in [7, 11) is 0. The maximum atomic E-state index is 14.0. The third kappa shape index (κ3) is 6.20. The average molecular weight is 452 g/mol. The van der Waals surface area contributed by atoms with E-state index in [-0.39, 0.29) is 30.2 Å². The van der Waals surface area contributed by atoms with Crippen LogP contribution in [0.15, 0.2) is 54.6 Å². The predicted molar refractivity (Wildman–Crippen MR) is 127 cm³/mol. The normalized spacial score (nSPS) is 18.3. The molecule has 2 amide bonds. The molecule has 2 aromatic rings. The first-order valence-electron chi connectivity index (χ1n) is 12.2. The van der Waals surface area contributed by atoms with Gasteiger partial charge in [-0.1, -0.05) is 61.4 Å². The van der Waals surface area contributed by atoms with Crippen molar-refractivity contribution in [1.82, 2.24) is 15.1 Å². The number of hydrogen-bond acceptors (Lipinski definition) is 3. The van der Waals surface area contributed by atoms with Crippen molar-refractivity contribution >= 4 is 11.8 Å². The van der Waals surface area contributed by atoms with Crippen LogP contribution in [0, 0.1) is 11.7 Å². The number of nitrogens with zero attached hydrogens (tertiary/aromatic N) is 2. The highest BCUT2D eigenvalue weighted by molar-refractivity contribution is 5.82. The van der Waals surface area contributed by atoms with Gasteiger partial charge in [-0.05, 0) is 36.8 Å². The first-order valence-corrected chi connectivity index (χ1v) is 12.2. The summed E-state index contributed by atoms with van der Waals surface area (Å²) < 4.78 is 14.0. The van der Waals surface area contributed by atoms with Gasteiger partial charge in [0.05, 0.1) is 6.04 Å². The van der Waals surface area contributed by atoms with Crippen LogP contribution >= 0.6 is 0 Å². The van der Waals surface area contributed by atoms with E-state index in [2.05, 4.69) is 22.3 Å². The van der Waals surface area contributed by atoms with Crippen molar-refractivity contribution in [3.63, 3.8) is 0 Å². The van der Waals surface area contributed by atoms with Crippen molar-refractivity contribution in [1.29, 1.82) is 0 Å². The van der Waals surface area contributed by atoms with E-state index in [0.717, 1.165) is 32.1 Å². The molecule has 1 atom stereocenters. The summed E-state index contributed by atoms with van der Waals surface area (Å²) in [6.07, 6.45) is 5.67. The lowest BCUT2D eigenvalue weighted by Gasteiger charge is -2.40. The average Bonchev–Trinajstić information content (AvgIpc) is 3.37. The van der Waals surface area contributed by atoms with E-state index >= 15 is 0 Å². The molecule has 2 aromatic carbocycles. The summed E-state index contributed by atoms with van der Waals surface area (Å²) in [5, 5.41) is 2.99. The van der Waals surface area contributed by atoms with E-state index < -0.39 is 0 Å². The van der Waals surface area contributed by atoms with Crippen LogP contribution in [0.1, 0.15) is 43.2 Å². The van der Waals surface area contributed by atoms with Gasteiger partial charge in [0, 0.05) is 44.7 Å². The maximum absolute atomic E-state index is 14.0. The van der Waals surface area contributed by atoms with Gasteiger partial charge in [0.2, 0.25) is 11.8 Å². The Balaban J connectivity index is 1.32. The number of carbonyl (C=O) groups excluding carboxylic acids is 2. The van der Waals surface area contributed by atoms with E-state index in [1.165, 1.54) is 11.6 Å². The Labute approximate surface area is 196 Å². The van der Waals surface area contributed by atoms with Crippen molar-refractivity contribution in [3.8, 4) is 0 Å². The fraction of sp³-hybridized carbons (Fsp3) is 0.481. The minimum Gasteiger partial charge on any atom is -0.351 e. The van der Waals surface area contributed by atoms with Crippen LogP contribution in [-0.2, 0) is 22.6 Å². The van der Waals surface area contributed by atoms with Crippen molar-refractivity contribution in [2.75, 3.05) is 26.2 Å². The van der Waals surface area contributed by atoms with Gasteiger partial charge in [-0.25, -0.2) is 4.39 Å². The molecule has 1 saturated heterocycles. The topological polar surface area (TPSA) is 52.7 Å². The molecule has 6 heteroatoms. The summed E-state index contributed by atoms with van der Waals surface area (Å²) in [5.41, 5.74) is 1.68. The largest absolute Gasteiger partial charge is 0.351 e. The van der Waals surface area contributed by atoms with E-state index in [0.29, 0.717) is 44.1 Å². The lowest BCUT2D eigenvalue weighted by molar-refractivity contribution is -0.135. The van der Waals surface area contributed by atoms with Crippen LogP contribution in [-0.4, -0.2) is 53.8 Å². The van der Waals surface area contributed by atoms with Crippen molar-refractivity contribution in [2.24, 2.45) is 5.92 Å². The molecule has 1 aliphatic carbocycles. The molecule has 1 saturated carbocycles. The number of aryl methyl sites for hydroxylation is 1. The monoisotopic (exact) mass is 451 g/mol. The highest BCUT2D eigenvalue weighted by Gasteiger charge is 2.37. The van der Waals surface area contributed by atoms with Crippen LogP contribution in [0.5, 0.6) is 0 Å². The molecule has 1 heterocycles. The molecule has 2 fully saturated rings. The summed E-state index contributed by atoms with van der Waals surface area (Å²) in [6, 6.07) is 16.4. The molecular formula is C27H34FN3O2. The van der Waals surface area contributed by atoms with E-state index in [4.69, 9.17) is 0 Å². The lowest BCUT2D eigenvalue weighted by atomic mass is 9.94. The van der Waals surface area contributed by atoms with Gasteiger partial charge in [-0.2, -0.15) is 0 Å². The van der Waals surface area contributed by atoms with Crippen molar-refractivity contribution in [3.05, 3.63) is 71.5 Å². The molecule has 176 valence electrons. The molecule has 0 bridgehead atoms. The molecule has 0 aromatic heterocycles. The SMILES string of the molecule is O=C(NCc1ccccc1F)C(C1CCCC1)N1CCN(C(=O)CCc2ccccc2)CC1. The zero-order valence-electron chi connectivity index (χ0n) is 19.2. The Kier molecular flexibility index (Phi) is 8.10. The molecule has 5 nitrogen and oxygen atoms in total. The Bertz CT molecular complexity index is 922. The summed E-state index contributed by atoms with van der Waals surface area (Å²) in [5.74, 6) is 0.192. The highest BCUT2D eigenvalue weighted by atomic mass is 19.1. The molecule has 2 aliphatic rings. The maximum Gasteiger partial charge on any atom is 0.237 e. The Morgan fingerprint density at radius 1 is 0.939 bits per heavy atom. The lowest BCUT2D eigenvalue weighted by Crippen LogP contribution is -2.57. The van der Waals surface area contributed by atoms with Crippen LogP contribution in [0.25, 0.3) is 0 Å². The van der Waals surface area contributed by atoms with Crippen LogP contribution in [0.3, 0.4) is 0 Å². The van der Waals surface area contributed by atoms with Gasteiger partial charge in [0.1, 0.15) is 5.82 Å². The smallest absolute Gasteiger partial charge is 0.237 e. The van der Waals surface area contributed by atoms with Crippen LogP contribution < -0.4 is 5.32 Å². The molecule has 0 spiro atoms. The fourth-order valence-corrected chi connectivity index (χ4v) is 5.18. The number of amides is 2. The second-order valence-electron chi connectivity index (χ2n) is 9.20. The molecule has 1 N–H and O–H groups in total. The number of hydrogen-bond donors (Lipinski definition) is 1. The quantitative estimate of drug-likeness (QED) is 0.665. The van der Waals surface area contributed by atoms with Gasteiger partial charge >= 0.3 is 0 Å². The van der Waals surface area contributed by atoms with Gasteiger partial charge < -0.3 is 10.2 Å². The standard InChI is InChI=1S/C27H34FN3O2/c28-24-13-7-6-12-23(24)20-29-27(33)26(22-10-4-5-11-22)31-18-16-30(17-19-31)25(32)15-14-21-8-2-1-3-9-21/h1-3,6-9,12-13,22,26H,4-5,10-11,14-20H2,(H,29,33). The molecular weight excluding hydrogens is 417 g/mol. The Hall–Kier alpha value is -2.73. The number of nitrogens with one attached hydrogen (secondary N) is 1. The molecule has 4 rings (SSSR count). The zero-order valence-corrected chi connectivity index (χ0v) is 19.2. The van der Waals surface area contributed by atoms with Crippen LogP contribution in [0.4, 0.5) is 4.39 Å². The predicted octanol–water partition coefficient (Wildman–Crippen LogP) is 3.78. The number of halogens is 1. The molecule has 33 heavy (non-hydrogen) atoms. The second kappa shape index (κ2) is 11.4. The summed E-state index contributed by atoms with van der Waals surface area (Å²) >= 11 is 0. The number of benzene rings is 2. The van der Waals surface area contributed by atoms with Crippen LogP contribution in [0.2, 0.25) is 0 Å². The first kappa shape index (κ1) is 23.4. The van der Waals surface area contributed by atoms with Gasteiger partial charge in [0.25, 0.3) is 0 Å². The Morgan fingerprint density at radius 3 is 2.30 bits per heavy atom. The third-order valence-electron chi connectivity index (χ3n) is 7.06. The first-order chi connectivity index (χ1) is 16.1. The second-order valence-corrected chi connectivity index (χ2v) is 9.20. The third-order valence-corrected chi connectivity index (χ3v) is 7.06. The number of piperazine rings is 1. The van der Waals surface area contributed by atoms with Crippen molar-refractivity contribution in [2.45, 2.75) is 51.1 Å². The highest BCUT2D eigenvalue weighted by Crippen LogP contribution is 2.31. The minimum absolute atomic E-state index is 0.0194. The molecule has 1 unspecified atom stereocenters. The zero-order chi connectivity index (χ0) is 23.0. The van der Waals surface area contributed by atoms with E-state index in [1.54, 1.807) is 18.2 Å². The van der Waals surface area contributed by atoms with E-state index in [9.17, 15) is 14.0 Å². The summed E-state index contributed by atoms with van der Waals surface area (Å²) in [6.45, 7) is 2.90. The number of carbonyl (C=O) groups is 2. The summed E-state index contributed by atoms with van der Waals surface area (Å²) in [4.78, 5) is 30.1. The van der Waals surface area contributed by atoms with Crippen molar-refractivity contribution < 1.29 is 14.0 Å².